The Morgan fingerprint density at radius 1 is 1.21 bits per heavy atom. The average molecular weight is 271 g/mol. The molecule has 0 fully saturated rings. The van der Waals surface area contributed by atoms with Crippen LogP contribution >= 0.6 is 12.2 Å². The van der Waals surface area contributed by atoms with Crippen molar-refractivity contribution in [3.05, 3.63) is 60.2 Å². The number of para-hydroxylation sites is 2. The van der Waals surface area contributed by atoms with E-state index in [2.05, 4.69) is 4.98 Å². The summed E-state index contributed by atoms with van der Waals surface area (Å²) in [6.45, 7) is 0. The summed E-state index contributed by atoms with van der Waals surface area (Å²) in [7, 11) is 0. The topological polar surface area (TPSA) is 43.8 Å². The third-order valence-electron chi connectivity index (χ3n) is 2.95. The second-order valence-electron chi connectivity index (χ2n) is 4.13. The van der Waals surface area contributed by atoms with E-state index in [1.165, 1.54) is 6.07 Å². The van der Waals surface area contributed by atoms with Gasteiger partial charge in [-0.25, -0.2) is 9.37 Å². The summed E-state index contributed by atoms with van der Waals surface area (Å²) in [5.41, 5.74) is 8.10. The minimum atomic E-state index is -0.381. The molecule has 0 saturated carbocycles. The molecule has 0 bridgehead atoms. The van der Waals surface area contributed by atoms with E-state index in [4.69, 9.17) is 18.0 Å². The number of hydrogen-bond acceptors (Lipinski definition) is 2. The van der Waals surface area contributed by atoms with Crippen molar-refractivity contribution >= 4 is 28.2 Å². The zero-order chi connectivity index (χ0) is 13.4. The molecule has 0 atom stereocenters. The summed E-state index contributed by atoms with van der Waals surface area (Å²) in [6.07, 6.45) is 1.60. The first-order chi connectivity index (χ1) is 9.16. The van der Waals surface area contributed by atoms with Crippen LogP contribution in [-0.4, -0.2) is 14.5 Å². The monoisotopic (exact) mass is 271 g/mol. The van der Waals surface area contributed by atoms with Crippen LogP contribution in [0.2, 0.25) is 0 Å². The molecule has 94 valence electrons. The standard InChI is InChI=1S/C14H10FN3S/c15-10-7-9(14(16)19)5-6-12(10)18-8-17-11-3-1-2-4-13(11)18/h1-8H,(H2,16,19). The molecule has 5 heteroatoms. The third-order valence-corrected chi connectivity index (χ3v) is 3.18. The van der Waals surface area contributed by atoms with Gasteiger partial charge < -0.3 is 5.73 Å². The summed E-state index contributed by atoms with van der Waals surface area (Å²) in [5.74, 6) is -0.381. The maximum absolute atomic E-state index is 14.1. The largest absolute Gasteiger partial charge is 0.389 e. The SMILES string of the molecule is NC(=S)c1ccc(-n2cnc3ccccc32)c(F)c1. The number of nitrogens with zero attached hydrogens (tertiary/aromatic N) is 2. The van der Waals surface area contributed by atoms with Gasteiger partial charge in [-0.2, -0.15) is 0 Å². The highest BCUT2D eigenvalue weighted by molar-refractivity contribution is 7.80. The lowest BCUT2D eigenvalue weighted by molar-refractivity contribution is 0.619. The highest BCUT2D eigenvalue weighted by atomic mass is 32.1. The molecule has 3 nitrogen and oxygen atoms in total. The van der Waals surface area contributed by atoms with Crippen molar-refractivity contribution in [3.8, 4) is 5.69 Å². The Morgan fingerprint density at radius 2 is 2.00 bits per heavy atom. The zero-order valence-electron chi connectivity index (χ0n) is 9.88. The lowest BCUT2D eigenvalue weighted by atomic mass is 10.2. The number of thiocarbonyl (C=S) groups is 1. The van der Waals surface area contributed by atoms with E-state index in [1.807, 2.05) is 24.3 Å². The van der Waals surface area contributed by atoms with Crippen molar-refractivity contribution in [2.24, 2.45) is 5.73 Å². The normalized spacial score (nSPS) is 10.8. The molecule has 0 spiro atoms. The Bertz CT molecular complexity index is 779. The van der Waals surface area contributed by atoms with Crippen molar-refractivity contribution in [3.63, 3.8) is 0 Å². The molecule has 3 rings (SSSR count). The van der Waals surface area contributed by atoms with E-state index in [-0.39, 0.29) is 10.8 Å². The highest BCUT2D eigenvalue weighted by Gasteiger charge is 2.10. The highest BCUT2D eigenvalue weighted by Crippen LogP contribution is 2.21. The van der Waals surface area contributed by atoms with Gasteiger partial charge in [-0.3, -0.25) is 4.57 Å². The molecule has 1 heterocycles. The van der Waals surface area contributed by atoms with Gasteiger partial charge in [0.1, 0.15) is 17.1 Å². The maximum atomic E-state index is 14.1. The van der Waals surface area contributed by atoms with Gasteiger partial charge in [0, 0.05) is 5.56 Å². The summed E-state index contributed by atoms with van der Waals surface area (Å²) in [5, 5.41) is 0. The van der Waals surface area contributed by atoms with Gasteiger partial charge in [0.05, 0.1) is 16.7 Å². The predicted octanol–water partition coefficient (Wildman–Crippen LogP) is 2.80. The van der Waals surface area contributed by atoms with Crippen LogP contribution in [0.1, 0.15) is 5.56 Å². The molecular weight excluding hydrogens is 261 g/mol. The van der Waals surface area contributed by atoms with Gasteiger partial charge in [0.25, 0.3) is 0 Å². The summed E-state index contributed by atoms with van der Waals surface area (Å²) >= 11 is 4.83. The molecule has 0 radical (unpaired) electrons. The molecule has 0 saturated heterocycles. The van der Waals surface area contributed by atoms with E-state index in [0.717, 1.165) is 11.0 Å². The van der Waals surface area contributed by atoms with Gasteiger partial charge in [0.2, 0.25) is 0 Å². The molecule has 0 amide bonds. The van der Waals surface area contributed by atoms with E-state index < -0.39 is 0 Å². The van der Waals surface area contributed by atoms with Crippen molar-refractivity contribution in [1.82, 2.24) is 9.55 Å². The van der Waals surface area contributed by atoms with E-state index in [9.17, 15) is 4.39 Å². The van der Waals surface area contributed by atoms with Crippen LogP contribution in [0.5, 0.6) is 0 Å². The van der Waals surface area contributed by atoms with Crippen molar-refractivity contribution in [2.45, 2.75) is 0 Å². The Kier molecular flexibility index (Phi) is 2.76. The fourth-order valence-corrected chi connectivity index (χ4v) is 2.13. The Balaban J connectivity index is 2.19. The number of benzene rings is 2. The lowest BCUT2D eigenvalue weighted by Gasteiger charge is -2.07. The second kappa shape index (κ2) is 4.44. The van der Waals surface area contributed by atoms with E-state index in [1.54, 1.807) is 23.0 Å². The van der Waals surface area contributed by atoms with Gasteiger partial charge in [-0.1, -0.05) is 24.4 Å². The van der Waals surface area contributed by atoms with Gasteiger partial charge >= 0.3 is 0 Å². The fourth-order valence-electron chi connectivity index (χ4n) is 2.01. The number of aromatic nitrogens is 2. The first kappa shape index (κ1) is 11.8. The number of nitrogens with two attached hydrogens (primary N) is 1. The van der Waals surface area contributed by atoms with Crippen molar-refractivity contribution in [1.29, 1.82) is 0 Å². The zero-order valence-corrected chi connectivity index (χ0v) is 10.7. The number of imidazole rings is 1. The molecule has 0 aliphatic carbocycles. The first-order valence-corrected chi connectivity index (χ1v) is 6.09. The van der Waals surface area contributed by atoms with Crippen LogP contribution < -0.4 is 5.73 Å². The first-order valence-electron chi connectivity index (χ1n) is 5.68. The van der Waals surface area contributed by atoms with Crippen LogP contribution in [0.4, 0.5) is 4.39 Å². The third kappa shape index (κ3) is 1.98. The lowest BCUT2D eigenvalue weighted by Crippen LogP contribution is -2.10. The molecule has 2 N–H and O–H groups in total. The Hall–Kier alpha value is -2.27. The molecule has 0 aliphatic heterocycles. The summed E-state index contributed by atoms with van der Waals surface area (Å²) in [6, 6.07) is 12.3. The second-order valence-corrected chi connectivity index (χ2v) is 4.57. The Morgan fingerprint density at radius 3 is 2.74 bits per heavy atom. The summed E-state index contributed by atoms with van der Waals surface area (Å²) < 4.78 is 15.8. The van der Waals surface area contributed by atoms with E-state index in [0.29, 0.717) is 11.3 Å². The number of hydrogen-bond donors (Lipinski definition) is 1. The van der Waals surface area contributed by atoms with Crippen LogP contribution in [0, 0.1) is 5.82 Å². The van der Waals surface area contributed by atoms with Crippen LogP contribution in [0.25, 0.3) is 16.7 Å². The van der Waals surface area contributed by atoms with Crippen molar-refractivity contribution in [2.75, 3.05) is 0 Å². The minimum Gasteiger partial charge on any atom is -0.389 e. The summed E-state index contributed by atoms with van der Waals surface area (Å²) in [4.78, 5) is 4.42. The fraction of sp³-hybridized carbons (Fsp3) is 0. The van der Waals surface area contributed by atoms with Gasteiger partial charge in [-0.05, 0) is 30.3 Å². The Labute approximate surface area is 114 Å². The van der Waals surface area contributed by atoms with E-state index >= 15 is 0 Å². The van der Waals surface area contributed by atoms with Crippen LogP contribution in [-0.2, 0) is 0 Å². The number of fused-ring (bicyclic) bond motifs is 1. The maximum Gasteiger partial charge on any atom is 0.147 e. The minimum absolute atomic E-state index is 0.181. The molecule has 3 aromatic rings. The van der Waals surface area contributed by atoms with Gasteiger partial charge in [0.15, 0.2) is 0 Å². The smallest absolute Gasteiger partial charge is 0.147 e. The molecule has 2 aromatic carbocycles. The number of rotatable bonds is 2. The molecule has 19 heavy (non-hydrogen) atoms. The molecule has 0 unspecified atom stereocenters. The molecule has 1 aromatic heterocycles. The predicted molar refractivity (Wildman–Crippen MR) is 76.9 cm³/mol. The van der Waals surface area contributed by atoms with Crippen LogP contribution in [0.3, 0.4) is 0 Å². The number of halogens is 1. The molecular formula is C14H10FN3S. The average Bonchev–Trinajstić information content (AvgIpc) is 2.82. The van der Waals surface area contributed by atoms with Crippen LogP contribution in [0.15, 0.2) is 48.8 Å². The quantitative estimate of drug-likeness (QED) is 0.729. The van der Waals surface area contributed by atoms with Gasteiger partial charge in [-0.15, -0.1) is 0 Å². The molecule has 0 aliphatic rings. The van der Waals surface area contributed by atoms with Crippen molar-refractivity contribution < 1.29 is 4.39 Å².